The summed E-state index contributed by atoms with van der Waals surface area (Å²) in [7, 11) is 0. The van der Waals surface area contributed by atoms with E-state index in [1.165, 1.54) is 20.8 Å². The first-order valence-electron chi connectivity index (χ1n) is 41.7. The van der Waals surface area contributed by atoms with E-state index in [0.29, 0.717) is 175 Å². The lowest BCUT2D eigenvalue weighted by Gasteiger charge is -2.38. The van der Waals surface area contributed by atoms with Crippen LogP contribution < -0.4 is 53.2 Å². The van der Waals surface area contributed by atoms with E-state index in [1.54, 1.807) is 0 Å². The number of carbonyl (C=O) groups excluding carboxylic acids is 11. The molecule has 34 heteroatoms. The van der Waals surface area contributed by atoms with Gasteiger partial charge in [-0.05, 0) is 96.3 Å². The molecule has 646 valence electrons. The molecule has 6 aliphatic rings. The van der Waals surface area contributed by atoms with Gasteiger partial charge in [0.15, 0.2) is 18.9 Å². The third kappa shape index (κ3) is 38.7. The van der Waals surface area contributed by atoms with E-state index in [0.717, 1.165) is 57.8 Å². The first kappa shape index (κ1) is 95.7. The number of aliphatic hydroxyl groups is 1. The van der Waals surface area contributed by atoms with Gasteiger partial charge in [0.2, 0.25) is 59.1 Å². The predicted octanol–water partition coefficient (Wildman–Crippen LogP) is 2.82. The van der Waals surface area contributed by atoms with Gasteiger partial charge in [-0.25, -0.2) is 0 Å². The van der Waals surface area contributed by atoms with E-state index in [-0.39, 0.29) is 181 Å². The molecule has 0 spiro atoms. The van der Waals surface area contributed by atoms with Crippen LogP contribution in [0, 0.1) is 5.92 Å². The summed E-state index contributed by atoms with van der Waals surface area (Å²) in [6.07, 6.45) is 14.8. The zero-order valence-corrected chi connectivity index (χ0v) is 68.0. The number of ketones is 1. The third-order valence-corrected chi connectivity index (χ3v) is 20.6. The molecule has 0 saturated carbocycles. The number of carbonyl (C=O) groups is 11. The van der Waals surface area contributed by atoms with Crippen LogP contribution in [0.5, 0.6) is 0 Å². The smallest absolute Gasteiger partial charge is 0.222 e. The largest absolute Gasteiger partial charge is 0.391 e. The second-order valence-corrected chi connectivity index (χ2v) is 31.5. The zero-order chi connectivity index (χ0) is 81.6. The average Bonchev–Trinajstić information content (AvgIpc) is 1.66. The molecule has 10 atom stereocenters. The van der Waals surface area contributed by atoms with Crippen LogP contribution in [-0.4, -0.2) is 274 Å². The lowest BCUT2D eigenvalue weighted by Crippen LogP contribution is -2.58. The first-order valence-corrected chi connectivity index (χ1v) is 41.7. The normalized spacial score (nSPS) is 23.4. The van der Waals surface area contributed by atoms with Crippen molar-refractivity contribution in [2.24, 2.45) is 5.92 Å². The van der Waals surface area contributed by atoms with Crippen LogP contribution in [0.15, 0.2) is 0 Å². The summed E-state index contributed by atoms with van der Waals surface area (Å²) in [5.41, 5.74) is -3.19. The van der Waals surface area contributed by atoms with Crippen molar-refractivity contribution in [2.45, 2.75) is 293 Å². The van der Waals surface area contributed by atoms with Crippen LogP contribution in [-0.2, 0) is 110 Å². The number of rotatable bonds is 64. The highest BCUT2D eigenvalue weighted by molar-refractivity contribution is 5.81. The molecule has 6 saturated heterocycles. The number of fused-ring (bicyclic) bond motifs is 6. The van der Waals surface area contributed by atoms with Crippen LogP contribution in [0.4, 0.5) is 0 Å². The monoisotopic (exact) mass is 1610 g/mol. The molecule has 113 heavy (non-hydrogen) atoms. The minimum absolute atomic E-state index is 0.0280. The molecule has 10 amide bonds. The Morgan fingerprint density at radius 2 is 0.708 bits per heavy atom. The van der Waals surface area contributed by atoms with Crippen molar-refractivity contribution in [3.05, 3.63) is 0 Å². The summed E-state index contributed by atoms with van der Waals surface area (Å²) in [4.78, 5) is 138. The van der Waals surface area contributed by atoms with E-state index in [4.69, 9.17) is 56.8 Å². The third-order valence-electron chi connectivity index (χ3n) is 20.6. The van der Waals surface area contributed by atoms with Crippen molar-refractivity contribution in [3.8, 4) is 0 Å². The lowest BCUT2D eigenvalue weighted by atomic mass is 9.92. The van der Waals surface area contributed by atoms with E-state index < -0.39 is 53.4 Å². The Morgan fingerprint density at radius 1 is 0.381 bits per heavy atom. The Kier molecular flexibility index (Phi) is 45.1. The van der Waals surface area contributed by atoms with Gasteiger partial charge in [0.25, 0.3) is 0 Å². The fraction of sp³-hybridized carbons (Fsp3) is 0.861. The molecule has 0 aromatic rings. The topological polar surface area (TPSA) is 439 Å². The number of Topliss-reactive ketones (excluding diaryl/α,β-unsaturated/α-hetero) is 1. The molecule has 0 unspecified atom stereocenters. The van der Waals surface area contributed by atoms with E-state index in [1.807, 2.05) is 13.8 Å². The number of nitrogens with one attached hydrogen (secondary N) is 10. The van der Waals surface area contributed by atoms with Crippen molar-refractivity contribution >= 4 is 64.9 Å². The maximum Gasteiger partial charge on any atom is 0.222 e. The molecule has 6 fully saturated rings. The van der Waals surface area contributed by atoms with Crippen molar-refractivity contribution in [3.63, 3.8) is 0 Å². The molecule has 6 aliphatic heterocycles. The lowest BCUT2D eigenvalue weighted by molar-refractivity contribution is -0.188. The van der Waals surface area contributed by atoms with Gasteiger partial charge in [-0.1, -0.05) is 52.4 Å². The molecule has 11 N–H and O–H groups in total. The number of aliphatic hydroxyl groups excluding tert-OH is 1. The molecule has 0 aromatic heterocycles. The highest BCUT2D eigenvalue weighted by Gasteiger charge is 2.54. The van der Waals surface area contributed by atoms with Gasteiger partial charge in [0, 0.05) is 144 Å². The van der Waals surface area contributed by atoms with Crippen molar-refractivity contribution in [1.82, 2.24) is 53.2 Å². The fourth-order valence-electron chi connectivity index (χ4n) is 14.2. The Bertz CT molecular complexity index is 2800. The van der Waals surface area contributed by atoms with Gasteiger partial charge in [0.1, 0.15) is 34.2 Å². The molecular weight excluding hydrogens is 1470 g/mol. The Hall–Kier alpha value is -6.15. The summed E-state index contributed by atoms with van der Waals surface area (Å²) in [6, 6.07) is -1.01. The summed E-state index contributed by atoms with van der Waals surface area (Å²) < 4.78 is 71.6. The number of hydrogen-bond donors (Lipinski definition) is 11. The van der Waals surface area contributed by atoms with Crippen LogP contribution in [0.3, 0.4) is 0 Å². The second-order valence-electron chi connectivity index (χ2n) is 31.5. The van der Waals surface area contributed by atoms with Gasteiger partial charge < -0.3 is 115 Å². The van der Waals surface area contributed by atoms with Gasteiger partial charge >= 0.3 is 0 Å². The van der Waals surface area contributed by atoms with E-state index >= 15 is 0 Å². The number of hydrogen-bond acceptors (Lipinski definition) is 24. The maximum atomic E-state index is 14.0. The first-order chi connectivity index (χ1) is 54.4. The van der Waals surface area contributed by atoms with Crippen molar-refractivity contribution < 1.29 is 115 Å². The maximum absolute atomic E-state index is 14.0. The summed E-state index contributed by atoms with van der Waals surface area (Å²) in [5.74, 6) is -1.73. The average molecular weight is 1610 g/mol. The quantitative estimate of drug-likeness (QED) is 0.0390. The standard InChI is InChI=1S/C79H136N10O24/c1-57(2)63(93)23-12-10-8-6-7-9-11-13-27-71(101)89-76(48-105-44-30-68(98)83-38-20-35-80-65(95)24-14-17-41-102-51-77-33-28-61(86-58(3)90)73(111-77)108-54-77,49-106-45-31-69(99)84-39-21-36-81-66(96)25-15-18-42-103-52-78-34-29-62(87-59(4)91)74(112-78)109-55-78)50-107-46-32-70(100)85-40-22-37-82-67(97)26-16-19-43-104-53-79-47-64(94)72(88-60(5)92)75(113-79)110-56-79/h57,61-62,64,72-75,94H,6-56H2,1-5H3,(H,80,95)(H,81,96)(H,82,97)(H,83,98)(H,84,99)(H,85,100)(H,86,90)(H,87,91)(H,88,92)(H,89,101)/t61-,62-,64+,72-,73-,74-,75-,77+,78+,79+/m1/s1. The molecule has 6 bridgehead atoms. The van der Waals surface area contributed by atoms with Crippen molar-refractivity contribution in [1.29, 1.82) is 0 Å². The Labute approximate surface area is 667 Å². The number of unbranched alkanes of at least 4 members (excludes halogenated alkanes) is 10. The van der Waals surface area contributed by atoms with Gasteiger partial charge in [-0.3, -0.25) is 52.7 Å². The molecule has 0 aliphatic carbocycles. The minimum Gasteiger partial charge on any atom is -0.391 e. The number of ether oxygens (including phenoxy) is 12. The van der Waals surface area contributed by atoms with Gasteiger partial charge in [-0.15, -0.1) is 0 Å². The van der Waals surface area contributed by atoms with Gasteiger partial charge in [-0.2, -0.15) is 0 Å². The Balaban J connectivity index is 0.906. The minimum atomic E-state index is -1.33. The van der Waals surface area contributed by atoms with Gasteiger partial charge in [0.05, 0.1) is 97.5 Å². The molecule has 34 nitrogen and oxygen atoms in total. The number of amides is 10. The van der Waals surface area contributed by atoms with E-state index in [2.05, 4.69) is 53.2 Å². The molecule has 6 rings (SSSR count). The zero-order valence-electron chi connectivity index (χ0n) is 68.0. The summed E-state index contributed by atoms with van der Waals surface area (Å²) in [5, 5.41) is 39.4. The summed E-state index contributed by atoms with van der Waals surface area (Å²) >= 11 is 0. The van der Waals surface area contributed by atoms with Crippen LogP contribution in [0.2, 0.25) is 0 Å². The highest BCUT2D eigenvalue weighted by atomic mass is 16.8. The molecule has 6 heterocycles. The fourth-order valence-corrected chi connectivity index (χ4v) is 14.2. The molecule has 0 aromatic carbocycles. The molecule has 0 radical (unpaired) electrons. The predicted molar refractivity (Wildman–Crippen MR) is 412 cm³/mol. The highest BCUT2D eigenvalue weighted by Crippen LogP contribution is 2.39. The van der Waals surface area contributed by atoms with Crippen molar-refractivity contribution in [2.75, 3.05) is 138 Å². The van der Waals surface area contributed by atoms with E-state index in [9.17, 15) is 57.8 Å². The van der Waals surface area contributed by atoms with Crippen LogP contribution in [0.25, 0.3) is 0 Å². The Morgan fingerprint density at radius 3 is 1.10 bits per heavy atom. The van der Waals surface area contributed by atoms with Crippen LogP contribution >= 0.6 is 0 Å². The SMILES string of the molecule is CC(=O)N[C@H]1[C@@H]2OC[C@@](COCCCCC(=O)NCCCNC(=O)CCOCC(COCCC(=O)NCCCNC(=O)CCCCOC[C@@]34CC[C@@H](NC(C)=O)[C@H](OC3)O4)(COCCC(=O)NCCCNC(=O)CCCCOC[C@@]34CC[C@@H](NC(C)=O)[C@H](OC3)O4)NC(=O)CCCCCCCCCCC(=O)C(C)C)(C[C@@H]1O)O2. The second kappa shape index (κ2) is 53.2. The molecular formula is C79H136N10O24. The van der Waals surface area contributed by atoms with Crippen LogP contribution in [0.1, 0.15) is 227 Å². The summed E-state index contributed by atoms with van der Waals surface area (Å²) in [6.45, 7) is 12.8.